The topological polar surface area (TPSA) is 43.1 Å². The molecule has 1 aromatic heterocycles. The first-order valence-corrected chi connectivity index (χ1v) is 10.8. The zero-order valence-electron chi connectivity index (χ0n) is 14.9. The Bertz CT molecular complexity index is 1000. The lowest BCUT2D eigenvalue weighted by Crippen LogP contribution is -2.17. The van der Waals surface area contributed by atoms with Gasteiger partial charge >= 0.3 is 0 Å². The van der Waals surface area contributed by atoms with Gasteiger partial charge in [-0.25, -0.2) is 0 Å². The van der Waals surface area contributed by atoms with Crippen LogP contribution in [0.4, 0.5) is 0 Å². The fraction of sp³-hybridized carbons (Fsp3) is 0.0870. The van der Waals surface area contributed by atoms with E-state index >= 15 is 0 Å². The van der Waals surface area contributed by atoms with Crippen molar-refractivity contribution in [3.8, 4) is 0 Å². The van der Waals surface area contributed by atoms with Crippen LogP contribution >= 0.6 is 7.14 Å². The Labute approximate surface area is 159 Å². The van der Waals surface area contributed by atoms with Gasteiger partial charge in [0.05, 0.1) is 11.9 Å². The van der Waals surface area contributed by atoms with Gasteiger partial charge < -0.3 is 9.09 Å². The van der Waals surface area contributed by atoms with Gasteiger partial charge in [0.1, 0.15) is 12.9 Å². The van der Waals surface area contributed by atoms with Gasteiger partial charge in [0, 0.05) is 23.1 Å². The van der Waals surface area contributed by atoms with E-state index in [0.717, 1.165) is 27.6 Å². The summed E-state index contributed by atoms with van der Waals surface area (Å²) in [5.74, 6) is 0.781. The third-order valence-electron chi connectivity index (χ3n) is 4.56. The minimum atomic E-state index is -2.84. The molecule has 4 rings (SSSR count). The second-order valence-corrected chi connectivity index (χ2v) is 9.34. The van der Waals surface area contributed by atoms with Crippen molar-refractivity contribution in [3.05, 3.63) is 114 Å². The summed E-state index contributed by atoms with van der Waals surface area (Å²) in [6, 6.07) is 31.3. The van der Waals surface area contributed by atoms with Gasteiger partial charge in [-0.3, -0.25) is 0 Å². The lowest BCUT2D eigenvalue weighted by molar-refractivity contribution is 0.385. The highest BCUT2D eigenvalue weighted by atomic mass is 31.2. The highest BCUT2D eigenvalue weighted by Gasteiger charge is 2.29. The molecular weight excluding hydrogens is 353 g/mol. The molecule has 0 radical (unpaired) electrons. The van der Waals surface area contributed by atoms with Crippen LogP contribution in [-0.4, -0.2) is 5.16 Å². The zero-order chi connectivity index (χ0) is 18.5. The van der Waals surface area contributed by atoms with Crippen molar-refractivity contribution in [3.63, 3.8) is 0 Å². The first-order chi connectivity index (χ1) is 13.2. The van der Waals surface area contributed by atoms with Gasteiger partial charge in [0.25, 0.3) is 0 Å². The van der Waals surface area contributed by atoms with Crippen LogP contribution in [-0.2, 0) is 17.1 Å². The Morgan fingerprint density at radius 3 is 1.81 bits per heavy atom. The normalized spacial score (nSPS) is 11.4. The van der Waals surface area contributed by atoms with Gasteiger partial charge in [0.2, 0.25) is 0 Å². The van der Waals surface area contributed by atoms with E-state index in [1.54, 1.807) is 0 Å². The molecular formula is C23H20NO2P. The second kappa shape index (κ2) is 7.77. The molecule has 0 fully saturated rings. The van der Waals surface area contributed by atoms with Crippen LogP contribution in [0.3, 0.4) is 0 Å². The first-order valence-electron chi connectivity index (χ1n) is 8.93. The number of aromatic nitrogens is 1. The van der Waals surface area contributed by atoms with Crippen molar-refractivity contribution in [2.24, 2.45) is 0 Å². The molecule has 0 aliphatic heterocycles. The molecule has 0 saturated carbocycles. The maximum atomic E-state index is 14.1. The summed E-state index contributed by atoms with van der Waals surface area (Å²) in [5, 5.41) is 5.87. The summed E-state index contributed by atoms with van der Waals surface area (Å²) in [7, 11) is -2.84. The third kappa shape index (κ3) is 3.94. The van der Waals surface area contributed by atoms with E-state index < -0.39 is 7.14 Å². The lowest BCUT2D eigenvalue weighted by Gasteiger charge is -2.18. The molecule has 27 heavy (non-hydrogen) atoms. The molecule has 0 aliphatic carbocycles. The molecule has 134 valence electrons. The number of rotatable bonds is 6. The smallest absolute Gasteiger partial charge is 0.149 e. The molecule has 0 N–H and O–H groups in total. The molecule has 0 amide bonds. The minimum absolute atomic E-state index is 0.347. The number of hydrogen-bond donors (Lipinski definition) is 0. The summed E-state index contributed by atoms with van der Waals surface area (Å²) in [4.78, 5) is 0. The van der Waals surface area contributed by atoms with Crippen LogP contribution in [0, 0.1) is 0 Å². The highest BCUT2D eigenvalue weighted by Crippen LogP contribution is 2.46. The molecule has 3 nitrogen and oxygen atoms in total. The summed E-state index contributed by atoms with van der Waals surface area (Å²) >= 11 is 0. The number of hydrogen-bond acceptors (Lipinski definition) is 3. The average molecular weight is 373 g/mol. The number of benzene rings is 3. The van der Waals surface area contributed by atoms with Gasteiger partial charge in [-0.1, -0.05) is 96.2 Å². The molecule has 3 aromatic carbocycles. The Morgan fingerprint density at radius 2 is 1.26 bits per heavy atom. The van der Waals surface area contributed by atoms with Gasteiger partial charge in [0.15, 0.2) is 0 Å². The monoisotopic (exact) mass is 373 g/mol. The fourth-order valence-electron chi connectivity index (χ4n) is 3.21. The van der Waals surface area contributed by atoms with E-state index in [2.05, 4.69) is 17.3 Å². The third-order valence-corrected chi connectivity index (χ3v) is 7.59. The van der Waals surface area contributed by atoms with Crippen molar-refractivity contribution in [1.29, 1.82) is 0 Å². The first kappa shape index (κ1) is 17.5. The maximum absolute atomic E-state index is 14.1. The van der Waals surface area contributed by atoms with Crippen LogP contribution in [0.15, 0.2) is 102 Å². The van der Waals surface area contributed by atoms with Crippen LogP contribution in [0.25, 0.3) is 0 Å². The summed E-state index contributed by atoms with van der Waals surface area (Å²) < 4.78 is 19.6. The highest BCUT2D eigenvalue weighted by molar-refractivity contribution is 7.78. The molecule has 4 heteroatoms. The summed E-state index contributed by atoms with van der Waals surface area (Å²) in [6.07, 6.45) is 1.02. The van der Waals surface area contributed by atoms with Crippen molar-refractivity contribution in [2.75, 3.05) is 0 Å². The van der Waals surface area contributed by atoms with Crippen molar-refractivity contribution >= 4 is 17.8 Å². The molecule has 0 bridgehead atoms. The van der Waals surface area contributed by atoms with Crippen molar-refractivity contribution < 1.29 is 9.09 Å². The Balaban J connectivity index is 1.64. The number of nitrogens with zero attached hydrogens (tertiary/aromatic N) is 1. The standard InChI is InChI=1S/C23H20NO2P/c25-27(22-12-6-2-7-13-22,23-14-8-3-9-15-23)18-20-17-21(26-24-20)16-19-10-4-1-5-11-19/h1-15,17H,16,18H2. The zero-order valence-corrected chi connectivity index (χ0v) is 15.8. The second-order valence-electron chi connectivity index (χ2n) is 6.52. The Kier molecular flexibility index (Phi) is 5.04. The van der Waals surface area contributed by atoms with Gasteiger partial charge in [-0.05, 0) is 5.56 Å². The van der Waals surface area contributed by atoms with Crippen molar-refractivity contribution in [2.45, 2.75) is 12.6 Å². The van der Waals surface area contributed by atoms with E-state index in [1.807, 2.05) is 84.9 Å². The predicted molar refractivity (Wildman–Crippen MR) is 109 cm³/mol. The largest absolute Gasteiger partial charge is 0.361 e. The quantitative estimate of drug-likeness (QED) is 0.457. The van der Waals surface area contributed by atoms with E-state index in [1.165, 1.54) is 0 Å². The van der Waals surface area contributed by atoms with Crippen LogP contribution in [0.5, 0.6) is 0 Å². The minimum Gasteiger partial charge on any atom is -0.361 e. The molecule has 0 spiro atoms. The predicted octanol–water partition coefficient (Wildman–Crippen LogP) is 4.78. The SMILES string of the molecule is O=P(Cc1cc(Cc2ccccc2)on1)(c1ccccc1)c1ccccc1. The molecule has 0 unspecified atom stereocenters. The lowest BCUT2D eigenvalue weighted by atomic mass is 10.1. The average Bonchev–Trinajstić information content (AvgIpc) is 3.16. The summed E-state index contributed by atoms with van der Waals surface area (Å²) in [5.41, 5.74) is 1.88. The molecule has 0 aliphatic rings. The van der Waals surface area contributed by atoms with Crippen LogP contribution in [0.2, 0.25) is 0 Å². The van der Waals surface area contributed by atoms with Crippen LogP contribution < -0.4 is 10.6 Å². The van der Waals surface area contributed by atoms with E-state index in [4.69, 9.17) is 4.52 Å². The molecule has 0 saturated heterocycles. The Hall–Kier alpha value is -2.90. The van der Waals surface area contributed by atoms with Crippen LogP contribution in [0.1, 0.15) is 17.0 Å². The van der Waals surface area contributed by atoms with E-state index in [9.17, 15) is 4.57 Å². The molecule has 0 atom stereocenters. The van der Waals surface area contributed by atoms with Gasteiger partial charge in [-0.15, -0.1) is 0 Å². The molecule has 1 heterocycles. The Morgan fingerprint density at radius 1 is 0.741 bits per heavy atom. The van der Waals surface area contributed by atoms with E-state index in [0.29, 0.717) is 12.6 Å². The summed E-state index contributed by atoms with van der Waals surface area (Å²) in [6.45, 7) is 0. The maximum Gasteiger partial charge on any atom is 0.149 e. The van der Waals surface area contributed by atoms with E-state index in [-0.39, 0.29) is 0 Å². The molecule has 4 aromatic rings. The fourth-order valence-corrected chi connectivity index (χ4v) is 5.78. The van der Waals surface area contributed by atoms with Crippen molar-refractivity contribution in [1.82, 2.24) is 5.16 Å². The van der Waals surface area contributed by atoms with Gasteiger partial charge in [-0.2, -0.15) is 0 Å².